The fourth-order valence-electron chi connectivity index (χ4n) is 2.82. The fraction of sp³-hybridized carbons (Fsp3) is 0.125. The summed E-state index contributed by atoms with van der Waals surface area (Å²) in [5.41, 5.74) is 4.92. The number of ether oxygens (including phenoxy) is 1. The molecular weight excluding hydrogens is 522 g/mol. The highest BCUT2D eigenvalue weighted by Crippen LogP contribution is 2.23. The van der Waals surface area contributed by atoms with Crippen LogP contribution in [0.15, 0.2) is 81.2 Å². The molecule has 0 fully saturated rings. The van der Waals surface area contributed by atoms with Crippen LogP contribution in [0.4, 0.5) is 0 Å². The average molecular weight is 544 g/mol. The van der Waals surface area contributed by atoms with Crippen LogP contribution < -0.4 is 14.9 Å². The molecule has 0 aliphatic carbocycles. The Bertz CT molecular complexity index is 1340. The minimum Gasteiger partial charge on any atom is -0.422 e. The van der Waals surface area contributed by atoms with Crippen molar-refractivity contribution in [1.82, 2.24) is 10.1 Å². The van der Waals surface area contributed by atoms with Gasteiger partial charge in [0, 0.05) is 10.0 Å². The molecule has 0 radical (unpaired) electrons. The largest absolute Gasteiger partial charge is 0.422 e. The Hall–Kier alpha value is -3.34. The van der Waals surface area contributed by atoms with Crippen molar-refractivity contribution in [1.29, 1.82) is 0 Å². The van der Waals surface area contributed by atoms with Gasteiger partial charge in [-0.15, -0.1) is 0 Å². The van der Waals surface area contributed by atoms with E-state index in [9.17, 15) is 18.0 Å². The molecule has 3 rings (SSSR count). The normalized spacial score (nSPS) is 11.4. The first-order chi connectivity index (χ1) is 16.1. The van der Waals surface area contributed by atoms with E-state index in [2.05, 4.69) is 31.2 Å². The van der Waals surface area contributed by atoms with Crippen molar-refractivity contribution < 1.29 is 22.7 Å². The van der Waals surface area contributed by atoms with Crippen molar-refractivity contribution in [3.05, 3.63) is 93.5 Å². The lowest BCUT2D eigenvalue weighted by atomic mass is 10.1. The highest BCUT2D eigenvalue weighted by Gasteiger charge is 2.15. The predicted octanol–water partition coefficient (Wildman–Crippen LogP) is 3.71. The van der Waals surface area contributed by atoms with Crippen LogP contribution in [0.3, 0.4) is 0 Å². The highest BCUT2D eigenvalue weighted by atomic mass is 79.9. The third kappa shape index (κ3) is 7.08. The summed E-state index contributed by atoms with van der Waals surface area (Å²) in [6, 6.07) is 18.2. The number of nitrogens with one attached hydrogen (secondary N) is 2. The number of hydrogen-bond acceptors (Lipinski definition) is 6. The molecule has 34 heavy (non-hydrogen) atoms. The highest BCUT2D eigenvalue weighted by molar-refractivity contribution is 9.10. The first kappa shape index (κ1) is 25.3. The molecule has 0 unspecified atom stereocenters. The van der Waals surface area contributed by atoms with Crippen molar-refractivity contribution in [3.63, 3.8) is 0 Å². The molecular formula is C24H22BrN3O5S. The first-order valence-electron chi connectivity index (χ1n) is 10.1. The zero-order valence-electron chi connectivity index (χ0n) is 18.4. The maximum absolute atomic E-state index is 12.5. The molecule has 176 valence electrons. The van der Waals surface area contributed by atoms with Crippen LogP contribution in [0.1, 0.15) is 27.0 Å². The lowest BCUT2D eigenvalue weighted by molar-refractivity contribution is -0.119. The van der Waals surface area contributed by atoms with Gasteiger partial charge >= 0.3 is 5.97 Å². The summed E-state index contributed by atoms with van der Waals surface area (Å²) >= 11 is 3.34. The van der Waals surface area contributed by atoms with E-state index in [4.69, 9.17) is 4.74 Å². The molecule has 0 aliphatic heterocycles. The summed E-state index contributed by atoms with van der Waals surface area (Å²) in [6.45, 7) is 3.22. The molecule has 0 saturated heterocycles. The van der Waals surface area contributed by atoms with Crippen molar-refractivity contribution in [3.8, 4) is 5.75 Å². The summed E-state index contributed by atoms with van der Waals surface area (Å²) in [5.74, 6) is -0.955. The molecule has 3 aromatic rings. The van der Waals surface area contributed by atoms with Crippen molar-refractivity contribution in [2.24, 2.45) is 5.10 Å². The molecule has 0 bridgehead atoms. The van der Waals surface area contributed by atoms with Gasteiger partial charge in [-0.3, -0.25) is 4.79 Å². The Morgan fingerprint density at radius 1 is 1.00 bits per heavy atom. The van der Waals surface area contributed by atoms with Gasteiger partial charge in [-0.05, 0) is 56.3 Å². The van der Waals surface area contributed by atoms with Crippen LogP contribution in [0, 0.1) is 13.8 Å². The number of benzene rings is 3. The molecule has 0 atom stereocenters. The summed E-state index contributed by atoms with van der Waals surface area (Å²) in [6.07, 6.45) is 1.30. The van der Waals surface area contributed by atoms with Gasteiger partial charge < -0.3 is 4.74 Å². The molecule has 0 aliphatic rings. The van der Waals surface area contributed by atoms with Crippen molar-refractivity contribution >= 4 is 44.0 Å². The van der Waals surface area contributed by atoms with Gasteiger partial charge in [0.15, 0.2) is 0 Å². The number of hydrogen-bond donors (Lipinski definition) is 2. The van der Waals surface area contributed by atoms with Gasteiger partial charge in [0.2, 0.25) is 10.0 Å². The number of carbonyl (C=O) groups excluding carboxylic acids is 2. The second-order valence-electron chi connectivity index (χ2n) is 7.37. The zero-order chi connectivity index (χ0) is 24.7. The van der Waals surface area contributed by atoms with Crippen LogP contribution in [-0.2, 0) is 14.8 Å². The van der Waals surface area contributed by atoms with E-state index < -0.39 is 28.4 Å². The van der Waals surface area contributed by atoms with E-state index >= 15 is 0 Å². The third-order valence-electron chi connectivity index (χ3n) is 4.58. The number of halogens is 1. The number of esters is 1. The Labute approximate surface area is 206 Å². The topological polar surface area (TPSA) is 114 Å². The van der Waals surface area contributed by atoms with E-state index in [0.29, 0.717) is 15.6 Å². The van der Waals surface area contributed by atoms with Crippen LogP contribution in [-0.4, -0.2) is 33.1 Å². The van der Waals surface area contributed by atoms with E-state index in [-0.39, 0.29) is 10.6 Å². The first-order valence-corrected chi connectivity index (χ1v) is 12.4. The predicted molar refractivity (Wildman–Crippen MR) is 132 cm³/mol. The minimum absolute atomic E-state index is 0.0589. The van der Waals surface area contributed by atoms with Gasteiger partial charge in [-0.2, -0.15) is 5.10 Å². The van der Waals surface area contributed by atoms with E-state index in [1.165, 1.54) is 18.3 Å². The Balaban J connectivity index is 1.62. The van der Waals surface area contributed by atoms with Gasteiger partial charge in [-0.25, -0.2) is 23.4 Å². The summed E-state index contributed by atoms with van der Waals surface area (Å²) in [5, 5.41) is 3.85. The zero-order valence-corrected chi connectivity index (χ0v) is 20.8. The molecule has 2 N–H and O–H groups in total. The smallest absolute Gasteiger partial charge is 0.343 e. The number of sulfonamides is 1. The van der Waals surface area contributed by atoms with E-state index in [0.717, 1.165) is 11.1 Å². The van der Waals surface area contributed by atoms with Crippen LogP contribution in [0.25, 0.3) is 0 Å². The number of carbonyl (C=O) groups is 2. The van der Waals surface area contributed by atoms with Gasteiger partial charge in [0.05, 0.1) is 23.2 Å². The number of aryl methyl sites for hydroxylation is 2. The van der Waals surface area contributed by atoms with Crippen molar-refractivity contribution in [2.45, 2.75) is 18.7 Å². The maximum atomic E-state index is 12.5. The molecule has 3 aromatic carbocycles. The van der Waals surface area contributed by atoms with E-state index in [1.54, 1.807) is 48.5 Å². The molecule has 0 saturated carbocycles. The van der Waals surface area contributed by atoms with Gasteiger partial charge in [0.25, 0.3) is 5.91 Å². The van der Waals surface area contributed by atoms with Gasteiger partial charge in [-0.1, -0.05) is 51.3 Å². The van der Waals surface area contributed by atoms with Crippen molar-refractivity contribution in [2.75, 3.05) is 6.54 Å². The van der Waals surface area contributed by atoms with Crippen LogP contribution >= 0.6 is 15.9 Å². The molecule has 8 nitrogen and oxygen atoms in total. The lowest BCUT2D eigenvalue weighted by Crippen LogP contribution is -2.34. The maximum Gasteiger partial charge on any atom is 0.343 e. The molecule has 0 spiro atoms. The Kier molecular flexibility index (Phi) is 8.32. The SMILES string of the molecule is Cc1ccc(S(=O)(=O)NCC(=O)N/N=C\c2cc(Br)ccc2OC(=O)c2cccc(C)c2)cc1. The second kappa shape index (κ2) is 11.2. The average Bonchev–Trinajstić information content (AvgIpc) is 2.80. The third-order valence-corrected chi connectivity index (χ3v) is 6.49. The summed E-state index contributed by atoms with van der Waals surface area (Å²) in [4.78, 5) is 24.6. The summed E-state index contributed by atoms with van der Waals surface area (Å²) < 4.78 is 33.0. The number of rotatable bonds is 8. The number of nitrogens with zero attached hydrogens (tertiary/aromatic N) is 1. The van der Waals surface area contributed by atoms with E-state index in [1.807, 2.05) is 19.9 Å². The quantitative estimate of drug-likeness (QED) is 0.194. The Morgan fingerprint density at radius 2 is 1.74 bits per heavy atom. The molecule has 0 aromatic heterocycles. The van der Waals surface area contributed by atoms with Crippen LogP contribution in [0.2, 0.25) is 0 Å². The Morgan fingerprint density at radius 3 is 2.44 bits per heavy atom. The number of hydrazone groups is 1. The molecule has 0 heterocycles. The second-order valence-corrected chi connectivity index (χ2v) is 10.1. The monoisotopic (exact) mass is 543 g/mol. The molecule has 1 amide bonds. The molecule has 10 heteroatoms. The fourth-order valence-corrected chi connectivity index (χ4v) is 4.18. The van der Waals surface area contributed by atoms with Gasteiger partial charge in [0.1, 0.15) is 5.75 Å². The standard InChI is InChI=1S/C24H22BrN3O5S/c1-16-6-9-21(10-7-16)34(31,32)27-15-23(29)28-26-14-19-13-20(25)8-11-22(19)33-24(30)18-5-3-4-17(2)12-18/h3-14,27H,15H2,1-2H3,(H,28,29)/b26-14-. The minimum atomic E-state index is -3.83. The number of amides is 1. The lowest BCUT2D eigenvalue weighted by Gasteiger charge is -2.09. The van der Waals surface area contributed by atoms with Crippen LogP contribution in [0.5, 0.6) is 5.75 Å². The summed E-state index contributed by atoms with van der Waals surface area (Å²) in [7, 11) is -3.83.